The summed E-state index contributed by atoms with van der Waals surface area (Å²) in [6, 6.07) is 6.98. The first kappa shape index (κ1) is 18.0. The summed E-state index contributed by atoms with van der Waals surface area (Å²) >= 11 is 0. The molecule has 144 valence electrons. The zero-order valence-electron chi connectivity index (χ0n) is 15.2. The molecule has 4 aromatic rings. The Morgan fingerprint density at radius 1 is 1.24 bits per heavy atom. The minimum atomic E-state index is -0.781. The highest BCUT2D eigenvalue weighted by molar-refractivity contribution is 6.07. The molecule has 0 unspecified atom stereocenters. The van der Waals surface area contributed by atoms with E-state index in [1.165, 1.54) is 17.1 Å². The molecule has 0 spiro atoms. The van der Waals surface area contributed by atoms with Crippen LogP contribution < -0.4 is 11.1 Å². The van der Waals surface area contributed by atoms with Crippen LogP contribution in [0.4, 0.5) is 5.69 Å². The fourth-order valence-corrected chi connectivity index (χ4v) is 2.64. The number of nitrogens with two attached hydrogens (primary N) is 1. The monoisotopic (exact) mass is 389 g/mol. The lowest BCUT2D eigenvalue weighted by molar-refractivity contribution is 0.0996. The van der Waals surface area contributed by atoms with Gasteiger partial charge >= 0.3 is 0 Å². The fraction of sp³-hybridized carbons (Fsp3) is 0.0526. The fourth-order valence-electron chi connectivity index (χ4n) is 2.64. The number of amides is 2. The van der Waals surface area contributed by atoms with E-state index in [1.807, 2.05) is 6.92 Å². The van der Waals surface area contributed by atoms with Gasteiger partial charge in [-0.3, -0.25) is 19.6 Å². The van der Waals surface area contributed by atoms with E-state index >= 15 is 0 Å². The number of nitrogens with zero attached hydrogens (tertiary/aromatic N) is 5. The number of carbonyl (C=O) groups excluding carboxylic acids is 2. The van der Waals surface area contributed by atoms with Gasteiger partial charge < -0.3 is 15.5 Å². The maximum atomic E-state index is 12.6. The molecular weight excluding hydrogens is 374 g/mol. The molecule has 10 nitrogen and oxygen atoms in total. The average molecular weight is 389 g/mol. The van der Waals surface area contributed by atoms with Crippen molar-refractivity contribution in [1.29, 1.82) is 0 Å². The van der Waals surface area contributed by atoms with Crippen LogP contribution in [-0.2, 0) is 0 Å². The van der Waals surface area contributed by atoms with E-state index in [0.717, 1.165) is 5.69 Å². The predicted molar refractivity (Wildman–Crippen MR) is 102 cm³/mol. The van der Waals surface area contributed by atoms with E-state index < -0.39 is 11.8 Å². The molecule has 2 amide bonds. The highest BCUT2D eigenvalue weighted by atomic mass is 16.3. The maximum Gasteiger partial charge on any atom is 0.277 e. The van der Waals surface area contributed by atoms with Gasteiger partial charge in [0.15, 0.2) is 11.4 Å². The number of aromatic nitrogens is 5. The SMILES string of the molecule is Cc1cc(-c2nc(C(=O)Nc3cn(-c4cccnc4)nc3C(N)=O)co2)ccn1. The Kier molecular flexibility index (Phi) is 4.57. The standard InChI is InChI=1S/C19H15N7O3/c1-11-7-12(4-6-22-11)19-24-15(10-29-19)18(28)23-14-9-26(25-16(14)17(20)27)13-3-2-5-21-8-13/h2-10H,1H3,(H2,20,27)(H,23,28). The lowest BCUT2D eigenvalue weighted by Crippen LogP contribution is -2.18. The van der Waals surface area contributed by atoms with Crippen molar-refractivity contribution >= 4 is 17.5 Å². The third kappa shape index (κ3) is 3.72. The van der Waals surface area contributed by atoms with Gasteiger partial charge in [0, 0.05) is 23.7 Å². The van der Waals surface area contributed by atoms with E-state index in [1.54, 1.807) is 42.9 Å². The quantitative estimate of drug-likeness (QED) is 0.531. The smallest absolute Gasteiger partial charge is 0.277 e. The van der Waals surface area contributed by atoms with Crippen LogP contribution in [-0.4, -0.2) is 36.5 Å². The third-order valence-corrected chi connectivity index (χ3v) is 3.99. The van der Waals surface area contributed by atoms with E-state index in [0.29, 0.717) is 11.3 Å². The molecule has 0 atom stereocenters. The number of pyridine rings is 2. The number of aryl methyl sites for hydroxylation is 1. The molecule has 0 radical (unpaired) electrons. The first-order valence-corrected chi connectivity index (χ1v) is 8.51. The van der Waals surface area contributed by atoms with Crippen LogP contribution in [0.15, 0.2) is 59.7 Å². The van der Waals surface area contributed by atoms with Crippen LogP contribution >= 0.6 is 0 Å². The van der Waals surface area contributed by atoms with Crippen LogP contribution in [0.5, 0.6) is 0 Å². The van der Waals surface area contributed by atoms with Crippen molar-refractivity contribution in [3.8, 4) is 17.1 Å². The second kappa shape index (κ2) is 7.35. The number of hydrogen-bond donors (Lipinski definition) is 2. The summed E-state index contributed by atoms with van der Waals surface area (Å²) in [4.78, 5) is 36.7. The lowest BCUT2D eigenvalue weighted by Gasteiger charge is -2.00. The summed E-state index contributed by atoms with van der Waals surface area (Å²) in [6.07, 6.45) is 7.50. The Morgan fingerprint density at radius 3 is 2.83 bits per heavy atom. The van der Waals surface area contributed by atoms with E-state index in [4.69, 9.17) is 10.2 Å². The number of nitrogens with one attached hydrogen (secondary N) is 1. The van der Waals surface area contributed by atoms with Gasteiger partial charge in [-0.25, -0.2) is 9.67 Å². The Bertz CT molecular complexity index is 1200. The molecule has 0 saturated carbocycles. The van der Waals surface area contributed by atoms with Crippen LogP contribution in [0.1, 0.15) is 26.7 Å². The van der Waals surface area contributed by atoms with Crippen molar-refractivity contribution in [3.63, 3.8) is 0 Å². The molecular formula is C19H15N7O3. The van der Waals surface area contributed by atoms with Crippen molar-refractivity contribution in [2.45, 2.75) is 6.92 Å². The van der Waals surface area contributed by atoms with Gasteiger partial charge in [0.25, 0.3) is 11.8 Å². The van der Waals surface area contributed by atoms with Crippen LogP contribution in [0.25, 0.3) is 17.1 Å². The molecule has 10 heteroatoms. The summed E-state index contributed by atoms with van der Waals surface area (Å²) < 4.78 is 6.80. The molecule has 0 fully saturated rings. The number of hydrogen-bond acceptors (Lipinski definition) is 7. The number of rotatable bonds is 5. The van der Waals surface area contributed by atoms with Crippen LogP contribution in [0, 0.1) is 6.92 Å². The lowest BCUT2D eigenvalue weighted by atomic mass is 10.2. The number of carbonyl (C=O) groups is 2. The second-order valence-electron chi connectivity index (χ2n) is 6.09. The molecule has 0 saturated heterocycles. The summed E-state index contributed by atoms with van der Waals surface area (Å²) in [6.45, 7) is 1.84. The largest absolute Gasteiger partial charge is 0.444 e. The second-order valence-corrected chi connectivity index (χ2v) is 6.09. The van der Waals surface area contributed by atoms with Crippen molar-refractivity contribution in [2.24, 2.45) is 5.73 Å². The molecule has 29 heavy (non-hydrogen) atoms. The summed E-state index contributed by atoms with van der Waals surface area (Å²) in [5.41, 5.74) is 7.58. The third-order valence-electron chi connectivity index (χ3n) is 3.99. The molecule has 0 bridgehead atoms. The first-order chi connectivity index (χ1) is 14.0. The molecule has 0 aliphatic heterocycles. The van der Waals surface area contributed by atoms with Gasteiger partial charge in [-0.2, -0.15) is 5.10 Å². The summed E-state index contributed by atoms with van der Waals surface area (Å²) in [7, 11) is 0. The number of anilines is 1. The van der Waals surface area contributed by atoms with E-state index in [2.05, 4.69) is 25.4 Å². The van der Waals surface area contributed by atoms with Crippen molar-refractivity contribution in [1.82, 2.24) is 24.7 Å². The molecule has 0 aliphatic carbocycles. The van der Waals surface area contributed by atoms with Gasteiger partial charge in [0.05, 0.1) is 23.8 Å². The summed E-state index contributed by atoms with van der Waals surface area (Å²) in [5, 5.41) is 6.72. The van der Waals surface area contributed by atoms with Crippen molar-refractivity contribution in [2.75, 3.05) is 5.32 Å². The topological polar surface area (TPSA) is 142 Å². The minimum absolute atomic E-state index is 0.0408. The van der Waals surface area contributed by atoms with Crippen molar-refractivity contribution in [3.05, 3.63) is 72.4 Å². The molecule has 0 aromatic carbocycles. The van der Waals surface area contributed by atoms with Crippen LogP contribution in [0.3, 0.4) is 0 Å². The number of oxazole rings is 1. The number of primary amides is 1. The molecule has 4 rings (SSSR count). The zero-order valence-corrected chi connectivity index (χ0v) is 15.2. The highest BCUT2D eigenvalue weighted by Gasteiger charge is 2.20. The van der Waals surface area contributed by atoms with E-state index in [9.17, 15) is 9.59 Å². The Labute approximate surface area is 164 Å². The normalized spacial score (nSPS) is 10.7. The molecule has 4 heterocycles. The maximum absolute atomic E-state index is 12.6. The molecule has 3 N–H and O–H groups in total. The Morgan fingerprint density at radius 2 is 2.10 bits per heavy atom. The summed E-state index contributed by atoms with van der Waals surface area (Å²) in [5.74, 6) is -1.07. The van der Waals surface area contributed by atoms with Gasteiger partial charge in [-0.05, 0) is 31.2 Å². The Hall–Kier alpha value is -4.34. The minimum Gasteiger partial charge on any atom is -0.444 e. The van der Waals surface area contributed by atoms with Gasteiger partial charge in [0.1, 0.15) is 6.26 Å². The van der Waals surface area contributed by atoms with Gasteiger partial charge in [-0.15, -0.1) is 0 Å². The highest BCUT2D eigenvalue weighted by Crippen LogP contribution is 2.21. The van der Waals surface area contributed by atoms with Gasteiger partial charge in [0.2, 0.25) is 5.89 Å². The Balaban J connectivity index is 1.60. The van der Waals surface area contributed by atoms with Crippen LogP contribution in [0.2, 0.25) is 0 Å². The predicted octanol–water partition coefficient (Wildman–Crippen LogP) is 1.98. The van der Waals surface area contributed by atoms with E-state index in [-0.39, 0.29) is 23.0 Å². The van der Waals surface area contributed by atoms with Crippen molar-refractivity contribution < 1.29 is 14.0 Å². The molecule has 0 aliphatic rings. The molecule has 4 aromatic heterocycles. The first-order valence-electron chi connectivity index (χ1n) is 8.51. The van der Waals surface area contributed by atoms with Gasteiger partial charge in [-0.1, -0.05) is 0 Å². The zero-order chi connectivity index (χ0) is 20.4. The average Bonchev–Trinajstić information content (AvgIpc) is 3.36.